The van der Waals surface area contributed by atoms with E-state index in [9.17, 15) is 13.6 Å². The van der Waals surface area contributed by atoms with Crippen molar-refractivity contribution in [2.75, 3.05) is 5.73 Å². The van der Waals surface area contributed by atoms with Gasteiger partial charge in [-0.3, -0.25) is 4.79 Å². The van der Waals surface area contributed by atoms with E-state index >= 15 is 0 Å². The third kappa shape index (κ3) is 3.03. The molecule has 0 radical (unpaired) electrons. The molecular weight excluding hydrogens is 288 g/mol. The molecule has 1 aromatic heterocycles. The van der Waals surface area contributed by atoms with Crippen molar-refractivity contribution in [3.8, 4) is 0 Å². The molecular formula is C13H10ClF2N3O. The number of nitrogen functional groups attached to an aromatic ring is 1. The van der Waals surface area contributed by atoms with Gasteiger partial charge < -0.3 is 11.1 Å². The second-order valence-corrected chi connectivity index (χ2v) is 4.40. The number of amides is 1. The number of hydrogen-bond donors (Lipinski definition) is 2. The standard InChI is InChI=1S/C13H10ClF2N3O/c14-9-5-7(1-2-10(9)15)6-19-13(20)8-3-4-18-12(17)11(8)16/h1-5H,6H2,(H2,17,18)(H,19,20). The number of benzene rings is 1. The van der Waals surface area contributed by atoms with Gasteiger partial charge in [0.2, 0.25) is 0 Å². The monoisotopic (exact) mass is 297 g/mol. The Kier molecular flexibility index (Phi) is 4.14. The van der Waals surface area contributed by atoms with Crippen LogP contribution < -0.4 is 11.1 Å². The van der Waals surface area contributed by atoms with Crippen molar-refractivity contribution in [2.45, 2.75) is 6.54 Å². The molecule has 0 bridgehead atoms. The highest BCUT2D eigenvalue weighted by Gasteiger charge is 2.14. The average Bonchev–Trinajstić information content (AvgIpc) is 2.43. The SMILES string of the molecule is Nc1nccc(C(=O)NCc2ccc(F)c(Cl)c2)c1F. The summed E-state index contributed by atoms with van der Waals surface area (Å²) >= 11 is 5.62. The van der Waals surface area contributed by atoms with Crippen LogP contribution in [0.2, 0.25) is 5.02 Å². The lowest BCUT2D eigenvalue weighted by Gasteiger charge is -2.07. The molecule has 0 aliphatic heterocycles. The van der Waals surface area contributed by atoms with Crippen LogP contribution in [0.4, 0.5) is 14.6 Å². The summed E-state index contributed by atoms with van der Waals surface area (Å²) in [4.78, 5) is 15.3. The Labute approximate surface area is 118 Å². The van der Waals surface area contributed by atoms with Gasteiger partial charge in [0, 0.05) is 12.7 Å². The fourth-order valence-corrected chi connectivity index (χ4v) is 1.77. The maximum atomic E-state index is 13.6. The smallest absolute Gasteiger partial charge is 0.254 e. The van der Waals surface area contributed by atoms with E-state index in [0.717, 1.165) is 0 Å². The predicted octanol–water partition coefficient (Wildman–Crippen LogP) is 2.53. The van der Waals surface area contributed by atoms with Crippen molar-refractivity contribution < 1.29 is 13.6 Å². The number of pyridine rings is 1. The number of halogens is 3. The van der Waals surface area contributed by atoms with Crippen molar-refractivity contribution in [3.63, 3.8) is 0 Å². The molecule has 0 aliphatic carbocycles. The number of anilines is 1. The van der Waals surface area contributed by atoms with Crippen LogP contribution in [0.1, 0.15) is 15.9 Å². The molecule has 0 spiro atoms. The second kappa shape index (κ2) is 5.83. The summed E-state index contributed by atoms with van der Waals surface area (Å²) in [6, 6.07) is 5.26. The zero-order valence-electron chi connectivity index (χ0n) is 10.2. The van der Waals surface area contributed by atoms with Gasteiger partial charge in [-0.25, -0.2) is 13.8 Å². The third-order valence-electron chi connectivity index (χ3n) is 2.60. The number of carbonyl (C=O) groups excluding carboxylic acids is 1. The molecule has 2 aromatic rings. The molecule has 0 atom stereocenters. The lowest BCUT2D eigenvalue weighted by molar-refractivity contribution is 0.0947. The van der Waals surface area contributed by atoms with E-state index < -0.39 is 17.5 Å². The Morgan fingerprint density at radius 3 is 2.80 bits per heavy atom. The maximum Gasteiger partial charge on any atom is 0.254 e. The van der Waals surface area contributed by atoms with Gasteiger partial charge in [0.1, 0.15) is 5.82 Å². The van der Waals surface area contributed by atoms with E-state index in [1.807, 2.05) is 0 Å². The van der Waals surface area contributed by atoms with Gasteiger partial charge in [-0.2, -0.15) is 0 Å². The van der Waals surface area contributed by atoms with Crippen molar-refractivity contribution >= 4 is 23.3 Å². The molecule has 0 saturated heterocycles. The highest BCUT2D eigenvalue weighted by Crippen LogP contribution is 2.16. The average molecular weight is 298 g/mol. The number of nitrogens with zero attached hydrogens (tertiary/aromatic N) is 1. The molecule has 0 saturated carbocycles. The summed E-state index contributed by atoms with van der Waals surface area (Å²) in [6.45, 7) is 0.0838. The fourth-order valence-electron chi connectivity index (χ4n) is 1.56. The van der Waals surface area contributed by atoms with E-state index in [4.69, 9.17) is 17.3 Å². The van der Waals surface area contributed by atoms with Crippen LogP contribution in [0.5, 0.6) is 0 Å². The molecule has 4 nitrogen and oxygen atoms in total. The molecule has 1 aromatic carbocycles. The lowest BCUT2D eigenvalue weighted by Crippen LogP contribution is -2.24. The van der Waals surface area contributed by atoms with Gasteiger partial charge in [0.05, 0.1) is 10.6 Å². The number of nitrogens with two attached hydrogens (primary N) is 1. The van der Waals surface area contributed by atoms with Crippen LogP contribution in [-0.4, -0.2) is 10.9 Å². The summed E-state index contributed by atoms with van der Waals surface area (Å²) in [5.41, 5.74) is 5.66. The van der Waals surface area contributed by atoms with Gasteiger partial charge in [-0.15, -0.1) is 0 Å². The molecule has 1 amide bonds. The van der Waals surface area contributed by atoms with Crippen LogP contribution in [0.15, 0.2) is 30.5 Å². The Hall–Kier alpha value is -2.21. The Morgan fingerprint density at radius 2 is 2.10 bits per heavy atom. The van der Waals surface area contributed by atoms with E-state index in [-0.39, 0.29) is 22.9 Å². The van der Waals surface area contributed by atoms with Crippen molar-refractivity contribution in [2.24, 2.45) is 0 Å². The molecule has 104 valence electrons. The van der Waals surface area contributed by atoms with E-state index in [2.05, 4.69) is 10.3 Å². The molecule has 7 heteroatoms. The van der Waals surface area contributed by atoms with Crippen LogP contribution in [0.3, 0.4) is 0 Å². The highest BCUT2D eigenvalue weighted by atomic mass is 35.5. The van der Waals surface area contributed by atoms with E-state index in [1.165, 1.54) is 30.5 Å². The fraction of sp³-hybridized carbons (Fsp3) is 0.0769. The van der Waals surface area contributed by atoms with Gasteiger partial charge in [-0.1, -0.05) is 17.7 Å². The Balaban J connectivity index is 2.08. The van der Waals surface area contributed by atoms with Gasteiger partial charge in [0.15, 0.2) is 11.6 Å². The molecule has 1 heterocycles. The maximum absolute atomic E-state index is 13.6. The van der Waals surface area contributed by atoms with E-state index in [1.54, 1.807) is 0 Å². The minimum absolute atomic E-state index is 0.0453. The van der Waals surface area contributed by atoms with Crippen LogP contribution in [0, 0.1) is 11.6 Å². The largest absolute Gasteiger partial charge is 0.381 e. The summed E-state index contributed by atoms with van der Waals surface area (Å²) in [5, 5.41) is 2.44. The zero-order chi connectivity index (χ0) is 14.7. The van der Waals surface area contributed by atoms with Gasteiger partial charge >= 0.3 is 0 Å². The zero-order valence-corrected chi connectivity index (χ0v) is 10.9. The first kappa shape index (κ1) is 14.2. The summed E-state index contributed by atoms with van der Waals surface area (Å²) in [6.07, 6.45) is 1.24. The number of aromatic nitrogens is 1. The second-order valence-electron chi connectivity index (χ2n) is 3.99. The number of hydrogen-bond acceptors (Lipinski definition) is 3. The topological polar surface area (TPSA) is 68.0 Å². The Morgan fingerprint density at radius 1 is 1.35 bits per heavy atom. The summed E-state index contributed by atoms with van der Waals surface area (Å²) < 4.78 is 26.5. The first-order valence-corrected chi connectivity index (χ1v) is 5.99. The van der Waals surface area contributed by atoms with Crippen LogP contribution in [-0.2, 0) is 6.54 Å². The predicted molar refractivity (Wildman–Crippen MR) is 71.2 cm³/mol. The normalized spacial score (nSPS) is 10.3. The van der Waals surface area contributed by atoms with Crippen molar-refractivity contribution in [1.29, 1.82) is 0 Å². The lowest BCUT2D eigenvalue weighted by atomic mass is 10.2. The molecule has 0 aliphatic rings. The first-order chi connectivity index (χ1) is 9.49. The minimum Gasteiger partial charge on any atom is -0.381 e. The van der Waals surface area contributed by atoms with Crippen LogP contribution >= 0.6 is 11.6 Å². The third-order valence-corrected chi connectivity index (χ3v) is 2.89. The summed E-state index contributed by atoms with van der Waals surface area (Å²) in [5.74, 6) is -2.41. The Bertz CT molecular complexity index is 664. The number of nitrogens with one attached hydrogen (secondary N) is 1. The summed E-state index contributed by atoms with van der Waals surface area (Å²) in [7, 11) is 0. The number of carbonyl (C=O) groups is 1. The van der Waals surface area contributed by atoms with Crippen molar-refractivity contribution in [1.82, 2.24) is 10.3 Å². The number of rotatable bonds is 3. The minimum atomic E-state index is -0.873. The van der Waals surface area contributed by atoms with Crippen LogP contribution in [0.25, 0.3) is 0 Å². The van der Waals surface area contributed by atoms with E-state index in [0.29, 0.717) is 5.56 Å². The molecule has 0 fully saturated rings. The highest BCUT2D eigenvalue weighted by molar-refractivity contribution is 6.30. The van der Waals surface area contributed by atoms with Gasteiger partial charge in [-0.05, 0) is 23.8 Å². The quantitative estimate of drug-likeness (QED) is 0.915. The first-order valence-electron chi connectivity index (χ1n) is 5.61. The van der Waals surface area contributed by atoms with Gasteiger partial charge in [0.25, 0.3) is 5.91 Å². The molecule has 20 heavy (non-hydrogen) atoms. The van der Waals surface area contributed by atoms with Crippen molar-refractivity contribution in [3.05, 3.63) is 58.2 Å². The molecule has 2 rings (SSSR count). The molecule has 3 N–H and O–H groups in total. The molecule has 0 unspecified atom stereocenters.